The minimum absolute atomic E-state index is 0.146. The summed E-state index contributed by atoms with van der Waals surface area (Å²) >= 11 is 6.77. The van der Waals surface area contributed by atoms with Gasteiger partial charge >= 0.3 is 6.03 Å². The maximum atomic E-state index is 12.2. The molecule has 2 aromatic carbocycles. The first-order chi connectivity index (χ1) is 13.3. The summed E-state index contributed by atoms with van der Waals surface area (Å²) in [6.07, 6.45) is 1.65. The lowest BCUT2D eigenvalue weighted by atomic mass is 10.1. The van der Waals surface area contributed by atoms with E-state index in [9.17, 15) is 14.7 Å². The van der Waals surface area contributed by atoms with Crippen molar-refractivity contribution in [2.24, 2.45) is 0 Å². The number of phenols is 1. The highest BCUT2D eigenvalue weighted by Crippen LogP contribution is 2.33. The van der Waals surface area contributed by atoms with Gasteiger partial charge in [-0.25, -0.2) is 4.79 Å². The number of anilines is 1. The summed E-state index contributed by atoms with van der Waals surface area (Å²) in [4.78, 5) is 28.6. The van der Waals surface area contributed by atoms with Gasteiger partial charge in [-0.15, -0.1) is 0 Å². The van der Waals surface area contributed by atoms with Crippen LogP contribution in [0.2, 0.25) is 0 Å². The van der Waals surface area contributed by atoms with Crippen LogP contribution in [0.4, 0.5) is 10.5 Å². The molecule has 3 rings (SSSR count). The van der Waals surface area contributed by atoms with Gasteiger partial charge in [0.05, 0.1) is 11.4 Å². The number of aromatic hydroxyl groups is 1. The zero-order chi connectivity index (χ0) is 20.3. The Kier molecular flexibility index (Phi) is 6.11. The van der Waals surface area contributed by atoms with Gasteiger partial charge in [0.15, 0.2) is 0 Å². The third kappa shape index (κ3) is 4.58. The van der Waals surface area contributed by atoms with Crippen molar-refractivity contribution in [1.29, 1.82) is 0 Å². The highest BCUT2D eigenvalue weighted by molar-refractivity contribution is 9.11. The van der Waals surface area contributed by atoms with E-state index in [4.69, 9.17) is 0 Å². The van der Waals surface area contributed by atoms with E-state index in [0.717, 1.165) is 14.5 Å². The lowest BCUT2D eigenvalue weighted by Gasteiger charge is -2.11. The molecule has 0 aliphatic heterocycles. The molecular formula is C20H15Br2N3O3. The fourth-order valence-corrected chi connectivity index (χ4v) is 3.78. The molecule has 0 aliphatic carbocycles. The molecule has 1 aromatic heterocycles. The first kappa shape index (κ1) is 20.0. The maximum Gasteiger partial charge on any atom is 0.326 e. The number of imide groups is 1. The molecule has 0 radical (unpaired) electrons. The molecule has 142 valence electrons. The van der Waals surface area contributed by atoms with Gasteiger partial charge in [0.2, 0.25) is 0 Å². The van der Waals surface area contributed by atoms with Crippen molar-refractivity contribution < 1.29 is 14.7 Å². The Morgan fingerprint density at radius 3 is 2.50 bits per heavy atom. The van der Waals surface area contributed by atoms with Crippen molar-refractivity contribution in [1.82, 2.24) is 10.3 Å². The number of aryl methyl sites for hydroxylation is 1. The summed E-state index contributed by atoms with van der Waals surface area (Å²) in [5.74, 6) is -0.665. The lowest BCUT2D eigenvalue weighted by Crippen LogP contribution is -2.34. The summed E-state index contributed by atoms with van der Waals surface area (Å²) in [5.41, 5.74) is 2.64. The predicted molar refractivity (Wildman–Crippen MR) is 114 cm³/mol. The van der Waals surface area contributed by atoms with Crippen LogP contribution in [0.15, 0.2) is 63.7 Å². The summed E-state index contributed by atoms with van der Waals surface area (Å²) in [5, 5.41) is 15.0. The van der Waals surface area contributed by atoms with Gasteiger partial charge in [0.1, 0.15) is 5.75 Å². The fourth-order valence-electron chi connectivity index (χ4n) is 2.56. The Bertz CT molecular complexity index is 1070. The van der Waals surface area contributed by atoms with E-state index in [-0.39, 0.29) is 11.4 Å². The Balaban J connectivity index is 1.73. The molecule has 0 atom stereocenters. The molecule has 0 unspecified atom stereocenters. The van der Waals surface area contributed by atoms with Gasteiger partial charge in [-0.2, -0.15) is 0 Å². The summed E-state index contributed by atoms with van der Waals surface area (Å²) in [6, 6.07) is 12.8. The number of hydrogen-bond donors (Lipinski definition) is 3. The average Bonchev–Trinajstić information content (AvgIpc) is 2.63. The zero-order valence-electron chi connectivity index (χ0n) is 14.7. The molecule has 6 nitrogen and oxygen atoms in total. The second kappa shape index (κ2) is 8.53. The smallest absolute Gasteiger partial charge is 0.326 e. The van der Waals surface area contributed by atoms with Gasteiger partial charge in [-0.3, -0.25) is 15.1 Å². The molecule has 0 saturated heterocycles. The van der Waals surface area contributed by atoms with Crippen LogP contribution in [0.3, 0.4) is 0 Å². The maximum absolute atomic E-state index is 12.2. The van der Waals surface area contributed by atoms with Crippen LogP contribution in [0, 0.1) is 6.92 Å². The second-order valence-electron chi connectivity index (χ2n) is 5.94. The SMILES string of the molecule is Cc1ccccc1C(=O)NC(=O)Nc1ccc(-c2ncc(Br)cc2Br)cc1O. The first-order valence-electron chi connectivity index (χ1n) is 8.17. The molecule has 0 spiro atoms. The Labute approximate surface area is 178 Å². The number of pyridine rings is 1. The highest BCUT2D eigenvalue weighted by Gasteiger charge is 2.14. The minimum Gasteiger partial charge on any atom is -0.506 e. The van der Waals surface area contributed by atoms with E-state index in [1.54, 1.807) is 43.5 Å². The van der Waals surface area contributed by atoms with Gasteiger partial charge < -0.3 is 10.4 Å². The fraction of sp³-hybridized carbons (Fsp3) is 0.0500. The van der Waals surface area contributed by atoms with Crippen LogP contribution in [-0.4, -0.2) is 22.0 Å². The molecule has 3 amide bonds. The predicted octanol–water partition coefficient (Wildman–Crippen LogP) is 5.25. The largest absolute Gasteiger partial charge is 0.506 e. The van der Waals surface area contributed by atoms with Gasteiger partial charge in [0.25, 0.3) is 5.91 Å². The Morgan fingerprint density at radius 2 is 1.82 bits per heavy atom. The summed E-state index contributed by atoms with van der Waals surface area (Å²) in [7, 11) is 0. The first-order valence-corrected chi connectivity index (χ1v) is 9.76. The molecule has 0 aliphatic rings. The molecular weight excluding hydrogens is 490 g/mol. The van der Waals surface area contributed by atoms with Crippen LogP contribution in [0.25, 0.3) is 11.3 Å². The number of rotatable bonds is 3. The van der Waals surface area contributed by atoms with E-state index in [2.05, 4.69) is 47.5 Å². The van der Waals surface area contributed by atoms with Crippen LogP contribution >= 0.6 is 31.9 Å². The van der Waals surface area contributed by atoms with Crippen molar-refractivity contribution in [3.8, 4) is 17.0 Å². The third-order valence-electron chi connectivity index (χ3n) is 3.94. The quantitative estimate of drug-likeness (QED) is 0.425. The molecule has 28 heavy (non-hydrogen) atoms. The second-order valence-corrected chi connectivity index (χ2v) is 7.71. The van der Waals surface area contributed by atoms with E-state index in [1.807, 2.05) is 12.1 Å². The van der Waals surface area contributed by atoms with Crippen molar-refractivity contribution in [2.75, 3.05) is 5.32 Å². The molecule has 1 heterocycles. The average molecular weight is 505 g/mol. The van der Waals surface area contributed by atoms with E-state index < -0.39 is 11.9 Å². The monoisotopic (exact) mass is 503 g/mol. The van der Waals surface area contributed by atoms with E-state index in [0.29, 0.717) is 16.8 Å². The van der Waals surface area contributed by atoms with Crippen LogP contribution in [0.5, 0.6) is 5.75 Å². The molecule has 8 heteroatoms. The standard InChI is InChI=1S/C20H15Br2N3O3/c1-11-4-2-3-5-14(11)19(27)25-20(28)24-16-7-6-12(8-17(16)26)18-15(22)9-13(21)10-23-18/h2-10,26H,1H3,(H2,24,25,27,28). The number of nitrogens with one attached hydrogen (secondary N) is 2. The molecule has 3 aromatic rings. The van der Waals surface area contributed by atoms with Gasteiger partial charge in [-0.1, -0.05) is 24.3 Å². The van der Waals surface area contributed by atoms with E-state index >= 15 is 0 Å². The molecule has 3 N–H and O–H groups in total. The number of carbonyl (C=O) groups excluding carboxylic acids is 2. The minimum atomic E-state index is -0.737. The number of amides is 3. The molecule has 0 saturated carbocycles. The summed E-state index contributed by atoms with van der Waals surface area (Å²) in [6.45, 7) is 1.78. The van der Waals surface area contributed by atoms with Crippen molar-refractivity contribution >= 4 is 49.5 Å². The zero-order valence-corrected chi connectivity index (χ0v) is 17.8. The van der Waals surface area contributed by atoms with E-state index in [1.165, 1.54) is 6.07 Å². The van der Waals surface area contributed by atoms with Crippen LogP contribution in [-0.2, 0) is 0 Å². The van der Waals surface area contributed by atoms with Crippen molar-refractivity contribution in [2.45, 2.75) is 6.92 Å². The third-order valence-corrected chi connectivity index (χ3v) is 4.98. The Hall–Kier alpha value is -2.71. The molecule has 0 fully saturated rings. The normalized spacial score (nSPS) is 10.4. The topological polar surface area (TPSA) is 91.3 Å². The Morgan fingerprint density at radius 1 is 1.07 bits per heavy atom. The van der Waals surface area contributed by atoms with Gasteiger partial charge in [-0.05, 0) is 68.6 Å². The van der Waals surface area contributed by atoms with Crippen molar-refractivity contribution in [3.05, 3.63) is 74.8 Å². The number of halogens is 2. The number of carbonyl (C=O) groups is 2. The number of urea groups is 1. The van der Waals surface area contributed by atoms with Crippen molar-refractivity contribution in [3.63, 3.8) is 0 Å². The summed E-state index contributed by atoms with van der Waals surface area (Å²) < 4.78 is 1.57. The number of aromatic nitrogens is 1. The van der Waals surface area contributed by atoms with Crippen LogP contribution in [0.1, 0.15) is 15.9 Å². The number of phenolic OH excluding ortho intramolecular Hbond substituents is 1. The molecule has 0 bridgehead atoms. The number of benzene rings is 2. The van der Waals surface area contributed by atoms with Gasteiger partial charge in [0, 0.05) is 26.3 Å². The highest BCUT2D eigenvalue weighted by atomic mass is 79.9. The number of nitrogens with zero attached hydrogens (tertiary/aromatic N) is 1. The number of hydrogen-bond acceptors (Lipinski definition) is 4. The van der Waals surface area contributed by atoms with Crippen LogP contribution < -0.4 is 10.6 Å². The lowest BCUT2D eigenvalue weighted by molar-refractivity contribution is 0.0966.